The first-order chi connectivity index (χ1) is 6.65. The number of aliphatic hydroxyl groups is 1. The third-order valence-electron chi connectivity index (χ3n) is 1.74. The van der Waals surface area contributed by atoms with Crippen molar-refractivity contribution in [3.05, 3.63) is 26.9 Å². The zero-order chi connectivity index (χ0) is 10.6. The van der Waals surface area contributed by atoms with Crippen LogP contribution in [0.2, 0.25) is 0 Å². The predicted octanol–water partition coefficient (Wildman–Crippen LogP) is 2.25. The van der Waals surface area contributed by atoms with Crippen molar-refractivity contribution < 1.29 is 5.11 Å². The Kier molecular flexibility index (Phi) is 5.01. The molecular formula is C9H12Br2N2O. The molecule has 0 aliphatic carbocycles. The fraction of sp³-hybridized carbons (Fsp3) is 0.444. The van der Waals surface area contributed by atoms with Crippen molar-refractivity contribution in [3.8, 4) is 0 Å². The van der Waals surface area contributed by atoms with Gasteiger partial charge in [-0.2, -0.15) is 0 Å². The quantitative estimate of drug-likeness (QED) is 0.893. The molecule has 1 unspecified atom stereocenters. The fourth-order valence-corrected chi connectivity index (χ4v) is 2.30. The molecule has 0 bridgehead atoms. The van der Waals surface area contributed by atoms with Gasteiger partial charge in [-0.15, -0.1) is 0 Å². The molecule has 3 nitrogen and oxygen atoms in total. The number of halogens is 2. The van der Waals surface area contributed by atoms with Crippen LogP contribution in [-0.2, 0) is 0 Å². The van der Waals surface area contributed by atoms with Crippen LogP contribution < -0.4 is 5.32 Å². The van der Waals surface area contributed by atoms with Gasteiger partial charge >= 0.3 is 0 Å². The van der Waals surface area contributed by atoms with E-state index < -0.39 is 6.10 Å². The third-order valence-corrected chi connectivity index (χ3v) is 2.81. The lowest BCUT2D eigenvalue weighted by molar-refractivity contribution is 0.170. The number of hydrogen-bond donors (Lipinski definition) is 2. The van der Waals surface area contributed by atoms with Crippen LogP contribution >= 0.6 is 31.9 Å². The Morgan fingerprint density at radius 1 is 1.57 bits per heavy atom. The van der Waals surface area contributed by atoms with Gasteiger partial charge in [-0.1, -0.05) is 6.92 Å². The third kappa shape index (κ3) is 3.31. The van der Waals surface area contributed by atoms with Crippen molar-refractivity contribution in [2.24, 2.45) is 0 Å². The van der Waals surface area contributed by atoms with Gasteiger partial charge in [0.15, 0.2) is 0 Å². The van der Waals surface area contributed by atoms with Crippen molar-refractivity contribution in [2.45, 2.75) is 13.0 Å². The summed E-state index contributed by atoms with van der Waals surface area (Å²) in [6, 6.07) is 1.87. The van der Waals surface area contributed by atoms with Gasteiger partial charge in [-0.3, -0.25) is 4.98 Å². The number of aliphatic hydroxyl groups excluding tert-OH is 1. The van der Waals surface area contributed by atoms with E-state index in [9.17, 15) is 5.11 Å². The second kappa shape index (κ2) is 5.80. The van der Waals surface area contributed by atoms with Crippen LogP contribution in [0.1, 0.15) is 18.7 Å². The molecule has 0 aromatic carbocycles. The van der Waals surface area contributed by atoms with E-state index in [0.29, 0.717) is 12.2 Å². The number of pyridine rings is 1. The van der Waals surface area contributed by atoms with Crippen molar-refractivity contribution in [2.75, 3.05) is 13.1 Å². The largest absolute Gasteiger partial charge is 0.385 e. The topological polar surface area (TPSA) is 45.1 Å². The highest BCUT2D eigenvalue weighted by Gasteiger charge is 2.12. The Morgan fingerprint density at radius 3 is 2.86 bits per heavy atom. The van der Waals surface area contributed by atoms with Crippen molar-refractivity contribution >= 4 is 31.9 Å². The van der Waals surface area contributed by atoms with Crippen LogP contribution in [0.4, 0.5) is 0 Å². The van der Waals surface area contributed by atoms with Gasteiger partial charge in [0.05, 0.1) is 5.69 Å². The lowest BCUT2D eigenvalue weighted by Crippen LogP contribution is -2.21. The molecule has 0 spiro atoms. The Morgan fingerprint density at radius 2 is 2.29 bits per heavy atom. The number of hydrogen-bond acceptors (Lipinski definition) is 3. The highest BCUT2D eigenvalue weighted by molar-refractivity contribution is 9.11. The molecule has 0 amide bonds. The average molecular weight is 324 g/mol. The second-order valence-electron chi connectivity index (χ2n) is 2.84. The molecule has 1 heterocycles. The number of likely N-dealkylation sites (N-methyl/N-ethyl adjacent to an activating group) is 1. The summed E-state index contributed by atoms with van der Waals surface area (Å²) < 4.78 is 1.71. The van der Waals surface area contributed by atoms with Gasteiger partial charge < -0.3 is 10.4 Å². The van der Waals surface area contributed by atoms with Gasteiger partial charge in [0.25, 0.3) is 0 Å². The van der Waals surface area contributed by atoms with Crippen molar-refractivity contribution in [1.29, 1.82) is 0 Å². The van der Waals surface area contributed by atoms with E-state index in [1.165, 1.54) is 0 Å². The number of aromatic nitrogens is 1. The first-order valence-corrected chi connectivity index (χ1v) is 5.93. The van der Waals surface area contributed by atoms with Crippen LogP contribution in [0, 0.1) is 0 Å². The molecule has 0 fully saturated rings. The summed E-state index contributed by atoms with van der Waals surface area (Å²) in [5.41, 5.74) is 0.661. The van der Waals surface area contributed by atoms with Crippen LogP contribution in [0.25, 0.3) is 0 Å². The maximum Gasteiger partial charge on any atom is 0.109 e. The highest BCUT2D eigenvalue weighted by atomic mass is 79.9. The van der Waals surface area contributed by atoms with Gasteiger partial charge in [0.1, 0.15) is 6.10 Å². The minimum Gasteiger partial charge on any atom is -0.385 e. The lowest BCUT2D eigenvalue weighted by atomic mass is 10.2. The standard InChI is InChI=1S/C9H12Br2N2O/c1-2-12-5-8(14)9-7(11)3-6(10)4-13-9/h3-4,8,12,14H,2,5H2,1H3. The summed E-state index contributed by atoms with van der Waals surface area (Å²) in [5.74, 6) is 0. The van der Waals surface area contributed by atoms with Crippen LogP contribution in [-0.4, -0.2) is 23.2 Å². The molecule has 0 aliphatic rings. The summed E-state index contributed by atoms with van der Waals surface area (Å²) >= 11 is 6.67. The first-order valence-electron chi connectivity index (χ1n) is 4.35. The maximum absolute atomic E-state index is 9.75. The fourth-order valence-electron chi connectivity index (χ4n) is 1.05. The van der Waals surface area contributed by atoms with Crippen LogP contribution in [0.3, 0.4) is 0 Å². The normalized spacial score (nSPS) is 12.9. The Labute approximate surface area is 100 Å². The summed E-state index contributed by atoms with van der Waals surface area (Å²) in [4.78, 5) is 4.15. The Hall–Kier alpha value is 0.0300. The van der Waals surface area contributed by atoms with Crippen LogP contribution in [0.15, 0.2) is 21.2 Å². The molecule has 0 aliphatic heterocycles. The van der Waals surface area contributed by atoms with Crippen molar-refractivity contribution in [3.63, 3.8) is 0 Å². The van der Waals surface area contributed by atoms with Crippen molar-refractivity contribution in [1.82, 2.24) is 10.3 Å². The van der Waals surface area contributed by atoms with E-state index in [1.54, 1.807) is 6.20 Å². The van der Waals surface area contributed by atoms with E-state index in [0.717, 1.165) is 15.5 Å². The predicted molar refractivity (Wildman–Crippen MR) is 63.1 cm³/mol. The van der Waals surface area contributed by atoms with E-state index >= 15 is 0 Å². The van der Waals surface area contributed by atoms with E-state index in [4.69, 9.17) is 0 Å². The minimum atomic E-state index is -0.572. The Balaban J connectivity index is 2.74. The van der Waals surface area contributed by atoms with Crippen LogP contribution in [0.5, 0.6) is 0 Å². The number of rotatable bonds is 4. The summed E-state index contributed by atoms with van der Waals surface area (Å²) in [5, 5.41) is 12.8. The molecule has 1 aromatic rings. The molecule has 0 saturated carbocycles. The number of nitrogens with zero attached hydrogens (tertiary/aromatic N) is 1. The first kappa shape index (κ1) is 12.1. The molecule has 5 heteroatoms. The number of nitrogens with one attached hydrogen (secondary N) is 1. The maximum atomic E-state index is 9.75. The molecule has 2 N–H and O–H groups in total. The smallest absolute Gasteiger partial charge is 0.109 e. The molecule has 14 heavy (non-hydrogen) atoms. The zero-order valence-electron chi connectivity index (χ0n) is 7.80. The SMILES string of the molecule is CCNCC(O)c1ncc(Br)cc1Br. The van der Waals surface area contributed by atoms with E-state index in [1.807, 2.05) is 13.0 Å². The molecule has 1 aromatic heterocycles. The Bertz CT molecular complexity index is 307. The minimum absolute atomic E-state index is 0.518. The van der Waals surface area contributed by atoms with Gasteiger partial charge in [0.2, 0.25) is 0 Å². The molecule has 1 rings (SSSR count). The molecule has 0 saturated heterocycles. The zero-order valence-corrected chi connectivity index (χ0v) is 11.0. The summed E-state index contributed by atoms with van der Waals surface area (Å²) in [6.45, 7) is 3.35. The molecular weight excluding hydrogens is 312 g/mol. The molecule has 78 valence electrons. The summed E-state index contributed by atoms with van der Waals surface area (Å²) in [7, 11) is 0. The average Bonchev–Trinajstić information content (AvgIpc) is 2.14. The summed E-state index contributed by atoms with van der Waals surface area (Å²) in [6.07, 6.45) is 1.10. The van der Waals surface area contributed by atoms with E-state index in [2.05, 4.69) is 42.2 Å². The van der Waals surface area contributed by atoms with E-state index in [-0.39, 0.29) is 0 Å². The van der Waals surface area contributed by atoms with Gasteiger partial charge in [-0.05, 0) is 44.5 Å². The second-order valence-corrected chi connectivity index (χ2v) is 4.61. The van der Waals surface area contributed by atoms with Gasteiger partial charge in [0, 0.05) is 21.7 Å². The highest BCUT2D eigenvalue weighted by Crippen LogP contribution is 2.23. The molecule has 0 radical (unpaired) electrons. The lowest BCUT2D eigenvalue weighted by Gasteiger charge is -2.11. The van der Waals surface area contributed by atoms with Gasteiger partial charge in [-0.25, -0.2) is 0 Å². The monoisotopic (exact) mass is 322 g/mol. The molecule has 1 atom stereocenters.